The van der Waals surface area contributed by atoms with Gasteiger partial charge in [-0.05, 0) is 0 Å². The van der Waals surface area contributed by atoms with Crippen molar-refractivity contribution in [1.29, 1.82) is 0 Å². The standard InChI is InChI=1S/C12H18O7.C10H14O6/c1-3-5-16-11(13)18-9-7-15-8-10-19-12(14)17-6-4-2;1-3-5-13-9(11)15-7-8-16-10(12)14-6-4-2/h3-4H,1-2,5-10H2;3-4H,1-2,5-8H2. The van der Waals surface area contributed by atoms with E-state index in [0.717, 1.165) is 0 Å². The van der Waals surface area contributed by atoms with E-state index in [2.05, 4.69) is 64.2 Å². The second kappa shape index (κ2) is 26.3. The summed E-state index contributed by atoms with van der Waals surface area (Å²) in [6.45, 7) is 14.1. The highest BCUT2D eigenvalue weighted by Crippen LogP contribution is 1.90. The lowest BCUT2D eigenvalue weighted by molar-refractivity contribution is 0.0100. The molecule has 0 aromatic carbocycles. The molecule has 0 unspecified atom stereocenters. The minimum absolute atomic E-state index is 0.0525. The maximum Gasteiger partial charge on any atom is 0.508 e. The lowest BCUT2D eigenvalue weighted by Crippen LogP contribution is -2.15. The van der Waals surface area contributed by atoms with Gasteiger partial charge < -0.3 is 42.6 Å². The van der Waals surface area contributed by atoms with Gasteiger partial charge in [0.2, 0.25) is 0 Å². The van der Waals surface area contributed by atoms with Gasteiger partial charge in [0, 0.05) is 0 Å². The van der Waals surface area contributed by atoms with Crippen LogP contribution >= 0.6 is 0 Å². The highest BCUT2D eigenvalue weighted by atomic mass is 16.8. The van der Waals surface area contributed by atoms with E-state index >= 15 is 0 Å². The SMILES string of the molecule is C=CCOC(=O)OCCOC(=O)OCC=C.C=CCOC(=O)OCCOCCOC(=O)OCC=C. The van der Waals surface area contributed by atoms with Crippen molar-refractivity contribution >= 4 is 24.6 Å². The summed E-state index contributed by atoms with van der Waals surface area (Å²) in [6, 6.07) is 0. The lowest BCUT2D eigenvalue weighted by Gasteiger charge is -2.06. The molecule has 0 rings (SSSR count). The van der Waals surface area contributed by atoms with E-state index in [1.165, 1.54) is 24.3 Å². The molecule has 0 saturated carbocycles. The van der Waals surface area contributed by atoms with E-state index in [1.54, 1.807) is 0 Å². The van der Waals surface area contributed by atoms with E-state index in [1.807, 2.05) is 0 Å². The zero-order chi connectivity index (χ0) is 26.6. The van der Waals surface area contributed by atoms with Gasteiger partial charge in [-0.15, -0.1) is 0 Å². The van der Waals surface area contributed by atoms with Crippen molar-refractivity contribution in [3.05, 3.63) is 50.6 Å². The minimum atomic E-state index is -0.844. The third-order valence-corrected chi connectivity index (χ3v) is 2.69. The van der Waals surface area contributed by atoms with Crippen LogP contribution in [0.3, 0.4) is 0 Å². The quantitative estimate of drug-likeness (QED) is 0.123. The zero-order valence-electron chi connectivity index (χ0n) is 19.5. The van der Waals surface area contributed by atoms with Crippen LogP contribution in [0.4, 0.5) is 19.2 Å². The van der Waals surface area contributed by atoms with Gasteiger partial charge in [0.15, 0.2) is 0 Å². The second-order valence-electron chi connectivity index (χ2n) is 5.40. The van der Waals surface area contributed by atoms with Crippen molar-refractivity contribution in [3.63, 3.8) is 0 Å². The van der Waals surface area contributed by atoms with Crippen LogP contribution in [-0.2, 0) is 42.6 Å². The smallest absolute Gasteiger partial charge is 0.432 e. The number of hydrogen-bond acceptors (Lipinski definition) is 13. The Bertz CT molecular complexity index is 591. The van der Waals surface area contributed by atoms with Gasteiger partial charge in [0.1, 0.15) is 52.9 Å². The fourth-order valence-corrected chi connectivity index (χ4v) is 1.39. The Morgan fingerprint density at radius 2 is 0.629 bits per heavy atom. The van der Waals surface area contributed by atoms with Crippen LogP contribution in [0.15, 0.2) is 50.6 Å². The first-order valence-electron chi connectivity index (χ1n) is 10.1. The first-order valence-corrected chi connectivity index (χ1v) is 10.1. The van der Waals surface area contributed by atoms with Gasteiger partial charge in [-0.25, -0.2) is 19.2 Å². The summed E-state index contributed by atoms with van der Waals surface area (Å²) in [5.74, 6) is 0. The van der Waals surface area contributed by atoms with Gasteiger partial charge in [-0.3, -0.25) is 0 Å². The summed E-state index contributed by atoms with van der Waals surface area (Å²) >= 11 is 0. The predicted octanol–water partition coefficient (Wildman–Crippen LogP) is 3.35. The fraction of sp³-hybridized carbons (Fsp3) is 0.455. The summed E-state index contributed by atoms with van der Waals surface area (Å²) in [5, 5.41) is 0. The molecule has 13 nitrogen and oxygen atoms in total. The topological polar surface area (TPSA) is 151 Å². The number of rotatable bonds is 17. The summed E-state index contributed by atoms with van der Waals surface area (Å²) in [6.07, 6.45) is 2.42. The summed E-state index contributed by atoms with van der Waals surface area (Å²) in [7, 11) is 0. The monoisotopic (exact) mass is 504 g/mol. The van der Waals surface area contributed by atoms with Crippen LogP contribution in [-0.4, -0.2) is 90.7 Å². The van der Waals surface area contributed by atoms with E-state index in [-0.39, 0.29) is 66.1 Å². The van der Waals surface area contributed by atoms with Crippen molar-refractivity contribution in [2.45, 2.75) is 0 Å². The molecule has 0 atom stereocenters. The molecule has 0 N–H and O–H groups in total. The Hall–Kier alpha value is -4.00. The van der Waals surface area contributed by atoms with Gasteiger partial charge in [-0.2, -0.15) is 0 Å². The molecule has 0 fully saturated rings. The molecule has 0 radical (unpaired) electrons. The van der Waals surface area contributed by atoms with E-state index in [0.29, 0.717) is 0 Å². The molecule has 0 aliphatic heterocycles. The summed E-state index contributed by atoms with van der Waals surface area (Å²) in [5.41, 5.74) is 0. The molecule has 0 heterocycles. The molecule has 0 aromatic heterocycles. The number of carbonyl (C=O) groups is 4. The van der Waals surface area contributed by atoms with Crippen LogP contribution in [0.25, 0.3) is 0 Å². The molecule has 0 saturated heterocycles. The average molecular weight is 504 g/mol. The van der Waals surface area contributed by atoms with Crippen molar-refractivity contribution in [2.24, 2.45) is 0 Å². The Labute approximate surface area is 203 Å². The normalized spacial score (nSPS) is 9.03. The molecular weight excluding hydrogens is 472 g/mol. The molecule has 0 aliphatic rings. The van der Waals surface area contributed by atoms with Crippen LogP contribution in [0.1, 0.15) is 0 Å². The van der Waals surface area contributed by atoms with Gasteiger partial charge >= 0.3 is 24.6 Å². The van der Waals surface area contributed by atoms with Crippen molar-refractivity contribution in [3.8, 4) is 0 Å². The van der Waals surface area contributed by atoms with Gasteiger partial charge in [-0.1, -0.05) is 50.6 Å². The molecule has 0 aromatic rings. The van der Waals surface area contributed by atoms with Crippen LogP contribution in [0, 0.1) is 0 Å². The minimum Gasteiger partial charge on any atom is -0.432 e. The predicted molar refractivity (Wildman–Crippen MR) is 121 cm³/mol. The summed E-state index contributed by atoms with van der Waals surface area (Å²) < 4.78 is 41.5. The average Bonchev–Trinajstić information content (AvgIpc) is 2.85. The van der Waals surface area contributed by atoms with E-state index < -0.39 is 24.6 Å². The number of ether oxygens (including phenoxy) is 9. The van der Waals surface area contributed by atoms with Crippen LogP contribution in [0.2, 0.25) is 0 Å². The zero-order valence-corrected chi connectivity index (χ0v) is 19.5. The lowest BCUT2D eigenvalue weighted by atomic mass is 10.7. The van der Waals surface area contributed by atoms with Crippen LogP contribution < -0.4 is 0 Å². The van der Waals surface area contributed by atoms with Crippen LogP contribution in [0.5, 0.6) is 0 Å². The third kappa shape index (κ3) is 28.0. The Balaban J connectivity index is 0. The summed E-state index contributed by atoms with van der Waals surface area (Å²) in [4.78, 5) is 43.2. The van der Waals surface area contributed by atoms with Gasteiger partial charge in [0.25, 0.3) is 0 Å². The highest BCUT2D eigenvalue weighted by molar-refractivity contribution is 5.61. The molecule has 0 bridgehead atoms. The fourth-order valence-electron chi connectivity index (χ4n) is 1.39. The van der Waals surface area contributed by atoms with E-state index in [4.69, 9.17) is 4.74 Å². The van der Waals surface area contributed by atoms with Crippen molar-refractivity contribution < 1.29 is 61.8 Å². The Morgan fingerprint density at radius 1 is 0.400 bits per heavy atom. The second-order valence-corrected chi connectivity index (χ2v) is 5.40. The maximum absolute atomic E-state index is 10.8. The molecule has 0 amide bonds. The third-order valence-electron chi connectivity index (χ3n) is 2.69. The number of hydrogen-bond donors (Lipinski definition) is 0. The maximum atomic E-state index is 10.8. The highest BCUT2D eigenvalue weighted by Gasteiger charge is 2.05. The van der Waals surface area contributed by atoms with Crippen molar-refractivity contribution in [2.75, 3.05) is 66.1 Å². The Morgan fingerprint density at radius 3 is 0.857 bits per heavy atom. The van der Waals surface area contributed by atoms with E-state index in [9.17, 15) is 19.2 Å². The Kier molecular flexibility index (Phi) is 24.9. The first-order chi connectivity index (χ1) is 16.9. The first kappa shape index (κ1) is 33.2. The van der Waals surface area contributed by atoms with Crippen molar-refractivity contribution in [1.82, 2.24) is 0 Å². The molecule has 0 spiro atoms. The van der Waals surface area contributed by atoms with Gasteiger partial charge in [0.05, 0.1) is 13.2 Å². The molecule has 0 aliphatic carbocycles. The molecule has 35 heavy (non-hydrogen) atoms. The molecule has 198 valence electrons. The number of carbonyl (C=O) groups excluding carboxylic acids is 4. The molecule has 13 heteroatoms. The largest absolute Gasteiger partial charge is 0.508 e. The molecular formula is C22H32O13.